The normalized spacial score (nSPS) is 18.1. The Morgan fingerprint density at radius 1 is 1.10 bits per heavy atom. The third kappa shape index (κ3) is 3.43. The average molecular weight is 388 g/mol. The van der Waals surface area contributed by atoms with Gasteiger partial charge < -0.3 is 5.32 Å². The van der Waals surface area contributed by atoms with Gasteiger partial charge >= 0.3 is 0 Å². The number of hydrogen-bond donors (Lipinski definition) is 1. The van der Waals surface area contributed by atoms with E-state index in [1.165, 1.54) is 22.0 Å². The SMILES string of the molecule is O=C(Cn1cnc2nc3c(cc2c1=O)CCCC3)NC1CCCc2ccccc21. The van der Waals surface area contributed by atoms with Crippen molar-refractivity contribution in [1.29, 1.82) is 0 Å². The number of benzene rings is 1. The number of nitrogens with zero attached hydrogens (tertiary/aromatic N) is 3. The molecule has 1 aromatic carbocycles. The highest BCUT2D eigenvalue weighted by molar-refractivity contribution is 5.78. The Morgan fingerprint density at radius 3 is 2.86 bits per heavy atom. The van der Waals surface area contributed by atoms with E-state index in [2.05, 4.69) is 27.4 Å². The lowest BCUT2D eigenvalue weighted by Crippen LogP contribution is -2.36. The Morgan fingerprint density at radius 2 is 1.93 bits per heavy atom. The lowest BCUT2D eigenvalue weighted by molar-refractivity contribution is -0.122. The third-order valence-electron chi connectivity index (χ3n) is 6.11. The smallest absolute Gasteiger partial charge is 0.263 e. The first kappa shape index (κ1) is 18.0. The average Bonchev–Trinajstić information content (AvgIpc) is 2.75. The van der Waals surface area contributed by atoms with E-state index in [9.17, 15) is 9.59 Å². The van der Waals surface area contributed by atoms with E-state index in [1.54, 1.807) is 0 Å². The highest BCUT2D eigenvalue weighted by Gasteiger charge is 2.22. The first-order chi connectivity index (χ1) is 14.2. The van der Waals surface area contributed by atoms with Crippen LogP contribution in [0.3, 0.4) is 0 Å². The molecule has 2 heterocycles. The molecular weight excluding hydrogens is 364 g/mol. The summed E-state index contributed by atoms with van der Waals surface area (Å²) in [7, 11) is 0. The van der Waals surface area contributed by atoms with Gasteiger partial charge in [0.25, 0.3) is 5.56 Å². The van der Waals surface area contributed by atoms with E-state index in [1.807, 2.05) is 18.2 Å². The van der Waals surface area contributed by atoms with Gasteiger partial charge in [-0.1, -0.05) is 24.3 Å². The summed E-state index contributed by atoms with van der Waals surface area (Å²) in [4.78, 5) is 34.6. The van der Waals surface area contributed by atoms with Gasteiger partial charge in [-0.05, 0) is 67.7 Å². The molecule has 2 aromatic heterocycles. The summed E-state index contributed by atoms with van der Waals surface area (Å²) in [5, 5.41) is 3.61. The molecule has 6 heteroatoms. The van der Waals surface area contributed by atoms with Crippen LogP contribution in [0.5, 0.6) is 0 Å². The lowest BCUT2D eigenvalue weighted by Gasteiger charge is -2.26. The largest absolute Gasteiger partial charge is 0.348 e. The molecule has 0 saturated heterocycles. The van der Waals surface area contributed by atoms with Crippen LogP contribution in [0.2, 0.25) is 0 Å². The van der Waals surface area contributed by atoms with Crippen molar-refractivity contribution in [2.45, 2.75) is 57.5 Å². The first-order valence-electron chi connectivity index (χ1n) is 10.4. The van der Waals surface area contributed by atoms with Crippen molar-refractivity contribution in [2.24, 2.45) is 0 Å². The summed E-state index contributed by atoms with van der Waals surface area (Å²) in [6.07, 6.45) is 8.62. The number of carbonyl (C=O) groups is 1. The number of fused-ring (bicyclic) bond motifs is 3. The van der Waals surface area contributed by atoms with Crippen LogP contribution < -0.4 is 10.9 Å². The molecule has 1 atom stereocenters. The van der Waals surface area contributed by atoms with E-state index in [0.717, 1.165) is 56.2 Å². The molecule has 0 aliphatic heterocycles. The first-order valence-corrected chi connectivity index (χ1v) is 10.4. The maximum absolute atomic E-state index is 12.9. The topological polar surface area (TPSA) is 76.9 Å². The number of carbonyl (C=O) groups excluding carboxylic acids is 1. The van der Waals surface area contributed by atoms with Crippen LogP contribution in [-0.4, -0.2) is 20.4 Å². The zero-order valence-corrected chi connectivity index (χ0v) is 16.4. The van der Waals surface area contributed by atoms with Crippen molar-refractivity contribution in [3.63, 3.8) is 0 Å². The minimum absolute atomic E-state index is 0.00486. The molecule has 0 saturated carbocycles. The van der Waals surface area contributed by atoms with Crippen molar-refractivity contribution in [2.75, 3.05) is 0 Å². The van der Waals surface area contributed by atoms with Gasteiger partial charge in [0.2, 0.25) is 5.91 Å². The molecule has 6 nitrogen and oxygen atoms in total. The molecule has 0 bridgehead atoms. The molecule has 2 aliphatic carbocycles. The second-order valence-electron chi connectivity index (χ2n) is 8.06. The molecule has 1 unspecified atom stereocenters. The van der Waals surface area contributed by atoms with Crippen molar-refractivity contribution < 1.29 is 4.79 Å². The number of pyridine rings is 1. The minimum atomic E-state index is -0.199. The van der Waals surface area contributed by atoms with E-state index >= 15 is 0 Å². The van der Waals surface area contributed by atoms with Gasteiger partial charge in [-0.15, -0.1) is 0 Å². The fraction of sp³-hybridized carbons (Fsp3) is 0.391. The van der Waals surface area contributed by atoms with Gasteiger partial charge in [-0.25, -0.2) is 9.97 Å². The fourth-order valence-electron chi connectivity index (χ4n) is 4.62. The van der Waals surface area contributed by atoms with Crippen molar-refractivity contribution in [3.8, 4) is 0 Å². The van der Waals surface area contributed by atoms with Gasteiger partial charge in [0.15, 0.2) is 5.65 Å². The summed E-state index contributed by atoms with van der Waals surface area (Å²) >= 11 is 0. The Hall–Kier alpha value is -3.02. The molecular formula is C23H24N4O2. The van der Waals surface area contributed by atoms with E-state index in [4.69, 9.17) is 0 Å². The highest BCUT2D eigenvalue weighted by atomic mass is 16.2. The second-order valence-corrected chi connectivity index (χ2v) is 8.06. The van der Waals surface area contributed by atoms with Gasteiger partial charge in [0.1, 0.15) is 12.9 Å². The molecule has 2 aliphatic rings. The Kier molecular flexibility index (Phi) is 4.62. The van der Waals surface area contributed by atoms with Crippen LogP contribution in [-0.2, 0) is 30.6 Å². The van der Waals surface area contributed by atoms with Gasteiger partial charge in [-0.3, -0.25) is 14.2 Å². The summed E-state index contributed by atoms with van der Waals surface area (Å²) < 4.78 is 1.39. The number of amides is 1. The lowest BCUT2D eigenvalue weighted by atomic mass is 9.88. The minimum Gasteiger partial charge on any atom is -0.348 e. The predicted octanol–water partition coefficient (Wildman–Crippen LogP) is 2.86. The summed E-state index contributed by atoms with van der Waals surface area (Å²) in [5.74, 6) is -0.166. The number of hydrogen-bond acceptors (Lipinski definition) is 4. The Bertz CT molecular complexity index is 1150. The zero-order chi connectivity index (χ0) is 19.8. The van der Waals surface area contributed by atoms with Gasteiger partial charge in [0.05, 0.1) is 11.4 Å². The Balaban J connectivity index is 1.38. The van der Waals surface area contributed by atoms with E-state index in [-0.39, 0.29) is 24.1 Å². The molecule has 0 radical (unpaired) electrons. The van der Waals surface area contributed by atoms with E-state index in [0.29, 0.717) is 11.0 Å². The molecule has 29 heavy (non-hydrogen) atoms. The van der Waals surface area contributed by atoms with Gasteiger partial charge in [-0.2, -0.15) is 0 Å². The number of nitrogens with one attached hydrogen (secondary N) is 1. The quantitative estimate of drug-likeness (QED) is 0.749. The molecule has 148 valence electrons. The van der Waals surface area contributed by atoms with Crippen LogP contribution in [0.1, 0.15) is 54.1 Å². The summed E-state index contributed by atoms with van der Waals surface area (Å²) in [6, 6.07) is 10.2. The van der Waals surface area contributed by atoms with Gasteiger partial charge in [0, 0.05) is 5.69 Å². The number of aryl methyl sites for hydroxylation is 3. The third-order valence-corrected chi connectivity index (χ3v) is 6.11. The molecule has 1 N–H and O–H groups in total. The van der Waals surface area contributed by atoms with Crippen LogP contribution in [0.25, 0.3) is 11.0 Å². The van der Waals surface area contributed by atoms with Crippen LogP contribution in [0, 0.1) is 0 Å². The van der Waals surface area contributed by atoms with Crippen LogP contribution >= 0.6 is 0 Å². The molecule has 1 amide bonds. The molecule has 3 aromatic rings. The highest BCUT2D eigenvalue weighted by Crippen LogP contribution is 2.29. The van der Waals surface area contributed by atoms with Crippen LogP contribution in [0.4, 0.5) is 0 Å². The standard InChI is InChI=1S/C23H24N4O2/c28-21(25-20-11-5-8-15-6-1-3-9-17(15)20)13-27-14-24-22-18(23(27)29)12-16-7-2-4-10-19(16)26-22/h1,3,6,9,12,14,20H,2,4-5,7-8,10-11,13H2,(H,25,28). The molecule has 0 fully saturated rings. The maximum Gasteiger partial charge on any atom is 0.263 e. The number of rotatable bonds is 3. The number of aromatic nitrogens is 3. The predicted molar refractivity (Wildman–Crippen MR) is 111 cm³/mol. The molecule has 0 spiro atoms. The maximum atomic E-state index is 12.9. The zero-order valence-electron chi connectivity index (χ0n) is 16.4. The Labute approximate surface area is 169 Å². The van der Waals surface area contributed by atoms with Crippen molar-refractivity contribution in [3.05, 3.63) is 69.4 Å². The second kappa shape index (κ2) is 7.43. The monoisotopic (exact) mass is 388 g/mol. The molecule has 5 rings (SSSR count). The summed E-state index contributed by atoms with van der Waals surface area (Å²) in [5.41, 5.74) is 4.96. The van der Waals surface area contributed by atoms with Crippen molar-refractivity contribution >= 4 is 16.9 Å². The summed E-state index contributed by atoms with van der Waals surface area (Å²) in [6.45, 7) is -0.0302. The van der Waals surface area contributed by atoms with Crippen LogP contribution in [0.15, 0.2) is 41.5 Å². The van der Waals surface area contributed by atoms with Crippen molar-refractivity contribution in [1.82, 2.24) is 19.9 Å². The van der Waals surface area contributed by atoms with E-state index < -0.39 is 0 Å². The fourth-order valence-corrected chi connectivity index (χ4v) is 4.62.